The number of aromatic nitrogens is 2. The molecule has 130 valence electrons. The van der Waals surface area contributed by atoms with Crippen LogP contribution in [0.2, 0.25) is 15.1 Å². The van der Waals surface area contributed by atoms with Gasteiger partial charge in [-0.1, -0.05) is 46.9 Å². The number of rotatable bonds is 2. The predicted molar refractivity (Wildman–Crippen MR) is 99.5 cm³/mol. The van der Waals surface area contributed by atoms with Gasteiger partial charge in [0.25, 0.3) is 0 Å². The van der Waals surface area contributed by atoms with Gasteiger partial charge < -0.3 is 14.4 Å². The van der Waals surface area contributed by atoms with Crippen LogP contribution in [-0.4, -0.2) is 21.3 Å². The maximum absolute atomic E-state index is 9.72. The van der Waals surface area contributed by atoms with Crippen LogP contribution in [0.3, 0.4) is 0 Å². The highest BCUT2D eigenvalue weighted by Crippen LogP contribution is 2.38. The summed E-state index contributed by atoms with van der Waals surface area (Å²) in [7, 11) is 0. The maximum Gasteiger partial charge on any atom is 0.143 e. The van der Waals surface area contributed by atoms with Gasteiger partial charge in [0, 0.05) is 34.3 Å². The summed E-state index contributed by atoms with van der Waals surface area (Å²) < 4.78 is 8.14. The topological polar surface area (TPSA) is 47.3 Å². The fourth-order valence-corrected chi connectivity index (χ4v) is 3.99. The molecule has 1 aliphatic rings. The Morgan fingerprint density at radius 2 is 2.00 bits per heavy atom. The monoisotopic (exact) mass is 396 g/mol. The molecule has 3 aromatic rings. The maximum atomic E-state index is 9.72. The number of nitrogens with zero attached hydrogens (tertiary/aromatic N) is 2. The fraction of sp³-hybridized carbons (Fsp3) is 0.278. The van der Waals surface area contributed by atoms with Crippen molar-refractivity contribution in [2.45, 2.75) is 25.7 Å². The average Bonchev–Trinajstić information content (AvgIpc) is 2.85. The van der Waals surface area contributed by atoms with Crippen molar-refractivity contribution in [2.75, 3.05) is 6.61 Å². The molecule has 1 atom stereocenters. The third kappa shape index (κ3) is 2.92. The Kier molecular flexibility index (Phi) is 4.65. The van der Waals surface area contributed by atoms with Gasteiger partial charge in [0.1, 0.15) is 17.4 Å². The summed E-state index contributed by atoms with van der Waals surface area (Å²) in [4.78, 5) is 4.75. The van der Waals surface area contributed by atoms with Gasteiger partial charge in [-0.05, 0) is 24.6 Å². The van der Waals surface area contributed by atoms with Crippen molar-refractivity contribution < 1.29 is 9.84 Å². The number of benzene rings is 2. The summed E-state index contributed by atoms with van der Waals surface area (Å²) in [5, 5.41) is 11.4. The summed E-state index contributed by atoms with van der Waals surface area (Å²) >= 11 is 18.8. The average molecular weight is 398 g/mol. The predicted octanol–water partition coefficient (Wildman–Crippen LogP) is 5.00. The minimum Gasteiger partial charge on any atom is -0.392 e. The Hall–Kier alpha value is -1.30. The smallest absolute Gasteiger partial charge is 0.143 e. The Morgan fingerprint density at radius 1 is 1.16 bits per heavy atom. The highest BCUT2D eigenvalue weighted by Gasteiger charge is 2.28. The fourth-order valence-electron chi connectivity index (χ4n) is 3.29. The number of hydrogen-bond acceptors (Lipinski definition) is 3. The first-order valence-corrected chi connectivity index (χ1v) is 9.08. The summed E-state index contributed by atoms with van der Waals surface area (Å²) in [6.45, 7) is 1.25. The van der Waals surface area contributed by atoms with Gasteiger partial charge in [0.2, 0.25) is 0 Å². The molecule has 25 heavy (non-hydrogen) atoms. The molecule has 0 spiro atoms. The normalized spacial score (nSPS) is 17.5. The van der Waals surface area contributed by atoms with Crippen molar-refractivity contribution in [2.24, 2.45) is 0 Å². The Labute approximate surface area is 159 Å². The van der Waals surface area contributed by atoms with E-state index in [1.165, 1.54) is 0 Å². The van der Waals surface area contributed by atoms with Gasteiger partial charge in [-0.2, -0.15) is 0 Å². The molecule has 7 heteroatoms. The third-order valence-corrected chi connectivity index (χ3v) is 5.29. The van der Waals surface area contributed by atoms with E-state index in [4.69, 9.17) is 44.5 Å². The number of imidazole rings is 1. The van der Waals surface area contributed by atoms with Crippen molar-refractivity contribution in [3.63, 3.8) is 0 Å². The van der Waals surface area contributed by atoms with Crippen molar-refractivity contribution >= 4 is 45.8 Å². The minimum atomic E-state index is -0.415. The molecule has 0 saturated heterocycles. The summed E-state index contributed by atoms with van der Waals surface area (Å²) in [6, 6.07) is 8.93. The minimum absolute atomic E-state index is 0.0774. The van der Waals surface area contributed by atoms with Crippen LogP contribution in [-0.2, 0) is 17.9 Å². The quantitative estimate of drug-likeness (QED) is 0.662. The molecule has 1 N–H and O–H groups in total. The van der Waals surface area contributed by atoms with E-state index in [1.807, 2.05) is 12.1 Å². The van der Waals surface area contributed by atoms with Crippen LogP contribution in [0.15, 0.2) is 30.3 Å². The molecule has 1 unspecified atom stereocenters. The Morgan fingerprint density at radius 3 is 2.76 bits per heavy atom. The Balaban J connectivity index is 1.97. The van der Waals surface area contributed by atoms with Crippen LogP contribution in [0.4, 0.5) is 0 Å². The first-order chi connectivity index (χ1) is 12.1. The lowest BCUT2D eigenvalue weighted by molar-refractivity contribution is 0.0814. The molecule has 0 bridgehead atoms. The summed E-state index contributed by atoms with van der Waals surface area (Å²) in [5.41, 5.74) is 3.13. The van der Waals surface area contributed by atoms with E-state index < -0.39 is 6.10 Å². The molecule has 0 fully saturated rings. The summed E-state index contributed by atoms with van der Waals surface area (Å²) in [5.74, 6) is 0.736. The lowest BCUT2D eigenvalue weighted by atomic mass is 10.1. The van der Waals surface area contributed by atoms with Crippen LogP contribution in [0.5, 0.6) is 0 Å². The molecule has 0 radical (unpaired) electrons. The molecule has 4 nitrogen and oxygen atoms in total. The number of halogens is 3. The first kappa shape index (κ1) is 17.1. The SMILES string of the molecule is OCc1ccc(Cl)c2nc3n(c12)CCCOC3c1ccc(Cl)cc1Cl. The number of aryl methyl sites for hydroxylation is 1. The molecule has 1 aliphatic heterocycles. The standard InChI is InChI=1S/C18H15Cl3N2O2/c19-11-3-4-12(14(21)8-11)17-18-22-15-13(20)5-2-10(9-24)16(15)23(18)6-1-7-25-17/h2-5,8,17,24H,1,6-7,9H2. The van der Waals surface area contributed by atoms with E-state index in [-0.39, 0.29) is 6.61 Å². The largest absolute Gasteiger partial charge is 0.392 e. The van der Waals surface area contributed by atoms with Gasteiger partial charge >= 0.3 is 0 Å². The third-order valence-electron chi connectivity index (χ3n) is 4.42. The zero-order valence-corrected chi connectivity index (χ0v) is 15.4. The van der Waals surface area contributed by atoms with Gasteiger partial charge in [-0.25, -0.2) is 4.98 Å². The van der Waals surface area contributed by atoms with E-state index in [1.54, 1.807) is 18.2 Å². The second-order valence-electron chi connectivity index (χ2n) is 5.95. The first-order valence-electron chi connectivity index (χ1n) is 7.95. The van der Waals surface area contributed by atoms with Crippen molar-refractivity contribution in [3.05, 3.63) is 62.4 Å². The van der Waals surface area contributed by atoms with Crippen LogP contribution < -0.4 is 0 Å². The molecule has 2 heterocycles. The van der Waals surface area contributed by atoms with E-state index in [0.717, 1.165) is 35.4 Å². The summed E-state index contributed by atoms with van der Waals surface area (Å²) in [6.07, 6.45) is 0.416. The zero-order valence-electron chi connectivity index (χ0n) is 13.2. The van der Waals surface area contributed by atoms with Crippen molar-refractivity contribution in [1.29, 1.82) is 0 Å². The van der Waals surface area contributed by atoms with Gasteiger partial charge in [0.05, 0.1) is 17.1 Å². The van der Waals surface area contributed by atoms with E-state index in [9.17, 15) is 5.11 Å². The molecular formula is C18H15Cl3N2O2. The van der Waals surface area contributed by atoms with Crippen molar-refractivity contribution in [3.8, 4) is 0 Å². The molecule has 4 rings (SSSR count). The molecule has 0 amide bonds. The molecular weight excluding hydrogens is 383 g/mol. The second kappa shape index (κ2) is 6.78. The molecule has 0 saturated carbocycles. The highest BCUT2D eigenvalue weighted by atomic mass is 35.5. The van der Waals surface area contributed by atoms with Crippen LogP contribution >= 0.6 is 34.8 Å². The Bertz CT molecular complexity index is 955. The second-order valence-corrected chi connectivity index (χ2v) is 7.20. The van der Waals surface area contributed by atoms with Crippen molar-refractivity contribution in [1.82, 2.24) is 9.55 Å². The number of fused-ring (bicyclic) bond motifs is 3. The van der Waals surface area contributed by atoms with E-state index in [0.29, 0.717) is 27.2 Å². The van der Waals surface area contributed by atoms with Gasteiger partial charge in [-0.3, -0.25) is 0 Å². The highest BCUT2D eigenvalue weighted by molar-refractivity contribution is 6.35. The van der Waals surface area contributed by atoms with E-state index >= 15 is 0 Å². The van der Waals surface area contributed by atoms with Gasteiger partial charge in [-0.15, -0.1) is 0 Å². The lowest BCUT2D eigenvalue weighted by Gasteiger charge is -2.17. The molecule has 2 aromatic carbocycles. The number of hydrogen-bond donors (Lipinski definition) is 1. The lowest BCUT2D eigenvalue weighted by Crippen LogP contribution is -2.10. The molecule has 0 aliphatic carbocycles. The van der Waals surface area contributed by atoms with Crippen LogP contribution in [0.1, 0.15) is 29.5 Å². The zero-order chi connectivity index (χ0) is 17.6. The van der Waals surface area contributed by atoms with Crippen LogP contribution in [0.25, 0.3) is 11.0 Å². The van der Waals surface area contributed by atoms with E-state index in [2.05, 4.69) is 4.57 Å². The van der Waals surface area contributed by atoms with Gasteiger partial charge in [0.15, 0.2) is 0 Å². The number of ether oxygens (including phenoxy) is 1. The molecule has 1 aromatic heterocycles. The number of aliphatic hydroxyl groups excluding tert-OH is 1. The van der Waals surface area contributed by atoms with Crippen LogP contribution in [0, 0.1) is 0 Å². The number of aliphatic hydroxyl groups is 1.